The van der Waals surface area contributed by atoms with Gasteiger partial charge >= 0.3 is 0 Å². The quantitative estimate of drug-likeness (QED) is 0.698. The van der Waals surface area contributed by atoms with E-state index in [0.717, 1.165) is 18.8 Å². The van der Waals surface area contributed by atoms with Crippen LogP contribution in [0.1, 0.15) is 19.3 Å². The highest BCUT2D eigenvalue weighted by atomic mass is 32.2. The van der Waals surface area contributed by atoms with Gasteiger partial charge < -0.3 is 10.2 Å². The molecule has 3 aromatic rings. The Morgan fingerprint density at radius 3 is 2.73 bits per heavy atom. The molecule has 0 spiro atoms. The number of hydrogen-bond acceptors (Lipinski definition) is 6. The lowest BCUT2D eigenvalue weighted by Gasteiger charge is -2.28. The SMILES string of the molecule is O=C(CSc1nc2ncccn2n1)Nc1ccc(N2CCCCC2)cc1. The fourth-order valence-corrected chi connectivity index (χ4v) is 3.63. The number of nitrogens with zero attached hydrogens (tertiary/aromatic N) is 5. The first-order valence-corrected chi connectivity index (χ1v) is 9.71. The molecule has 4 rings (SSSR count). The monoisotopic (exact) mass is 368 g/mol. The summed E-state index contributed by atoms with van der Waals surface area (Å²) in [4.78, 5) is 23.0. The van der Waals surface area contributed by atoms with Gasteiger partial charge in [0.05, 0.1) is 5.75 Å². The number of carbonyl (C=O) groups excluding carboxylic acids is 1. The number of carbonyl (C=O) groups is 1. The molecule has 1 N–H and O–H groups in total. The molecular formula is C18H20N6OS. The highest BCUT2D eigenvalue weighted by molar-refractivity contribution is 7.99. The van der Waals surface area contributed by atoms with Crippen molar-refractivity contribution < 1.29 is 4.79 Å². The topological polar surface area (TPSA) is 75.4 Å². The molecule has 1 aliphatic rings. The molecule has 26 heavy (non-hydrogen) atoms. The number of piperidine rings is 1. The van der Waals surface area contributed by atoms with E-state index in [1.54, 1.807) is 23.0 Å². The second kappa shape index (κ2) is 7.74. The molecule has 1 saturated heterocycles. The Labute approximate surface area is 155 Å². The first-order valence-electron chi connectivity index (χ1n) is 8.73. The number of anilines is 2. The van der Waals surface area contributed by atoms with Gasteiger partial charge in [-0.15, -0.1) is 5.10 Å². The van der Waals surface area contributed by atoms with Gasteiger partial charge in [0.15, 0.2) is 0 Å². The van der Waals surface area contributed by atoms with E-state index in [4.69, 9.17) is 0 Å². The lowest BCUT2D eigenvalue weighted by Crippen LogP contribution is -2.29. The second-order valence-electron chi connectivity index (χ2n) is 6.19. The minimum atomic E-state index is -0.0764. The number of hydrogen-bond donors (Lipinski definition) is 1. The number of rotatable bonds is 5. The van der Waals surface area contributed by atoms with E-state index in [0.29, 0.717) is 10.9 Å². The van der Waals surface area contributed by atoms with Crippen LogP contribution in [-0.4, -0.2) is 44.3 Å². The van der Waals surface area contributed by atoms with Crippen LogP contribution in [0, 0.1) is 0 Å². The minimum absolute atomic E-state index is 0.0764. The van der Waals surface area contributed by atoms with Crippen LogP contribution >= 0.6 is 11.8 Å². The Morgan fingerprint density at radius 1 is 1.15 bits per heavy atom. The largest absolute Gasteiger partial charge is 0.372 e. The van der Waals surface area contributed by atoms with Crippen molar-refractivity contribution in [1.82, 2.24) is 19.6 Å². The van der Waals surface area contributed by atoms with Gasteiger partial charge in [0, 0.05) is 36.9 Å². The van der Waals surface area contributed by atoms with Gasteiger partial charge in [0.25, 0.3) is 5.78 Å². The molecule has 0 aliphatic carbocycles. The molecule has 134 valence electrons. The molecule has 3 heterocycles. The fourth-order valence-electron chi connectivity index (χ4n) is 3.01. The van der Waals surface area contributed by atoms with Crippen molar-refractivity contribution >= 4 is 34.8 Å². The van der Waals surface area contributed by atoms with E-state index in [1.165, 1.54) is 36.7 Å². The number of fused-ring (bicyclic) bond motifs is 1. The highest BCUT2D eigenvalue weighted by Crippen LogP contribution is 2.22. The smallest absolute Gasteiger partial charge is 0.253 e. The van der Waals surface area contributed by atoms with Crippen molar-refractivity contribution in [1.29, 1.82) is 0 Å². The van der Waals surface area contributed by atoms with Crippen molar-refractivity contribution in [2.24, 2.45) is 0 Å². The van der Waals surface area contributed by atoms with Gasteiger partial charge in [0.1, 0.15) is 0 Å². The summed E-state index contributed by atoms with van der Waals surface area (Å²) in [6, 6.07) is 9.85. The van der Waals surface area contributed by atoms with E-state index >= 15 is 0 Å². The van der Waals surface area contributed by atoms with Crippen LogP contribution in [0.5, 0.6) is 0 Å². The van der Waals surface area contributed by atoms with Crippen molar-refractivity contribution in [3.05, 3.63) is 42.7 Å². The summed E-state index contributed by atoms with van der Waals surface area (Å²) >= 11 is 1.30. The fraction of sp³-hybridized carbons (Fsp3) is 0.333. The maximum Gasteiger partial charge on any atom is 0.253 e. The Morgan fingerprint density at radius 2 is 1.96 bits per heavy atom. The summed E-state index contributed by atoms with van der Waals surface area (Å²) in [6.45, 7) is 2.23. The normalized spacial score (nSPS) is 14.5. The highest BCUT2D eigenvalue weighted by Gasteiger charge is 2.12. The Hall–Kier alpha value is -2.61. The predicted molar refractivity (Wildman–Crippen MR) is 103 cm³/mol. The summed E-state index contributed by atoms with van der Waals surface area (Å²) in [5, 5.41) is 7.74. The lowest BCUT2D eigenvalue weighted by molar-refractivity contribution is -0.113. The van der Waals surface area contributed by atoms with Gasteiger partial charge in [-0.3, -0.25) is 4.79 Å². The molecular weight excluding hydrogens is 348 g/mol. The summed E-state index contributed by atoms with van der Waals surface area (Å²) < 4.78 is 1.60. The number of thioether (sulfide) groups is 1. The summed E-state index contributed by atoms with van der Waals surface area (Å²) in [5.74, 6) is 0.710. The second-order valence-corrected chi connectivity index (χ2v) is 7.13. The van der Waals surface area contributed by atoms with Crippen LogP contribution < -0.4 is 10.2 Å². The molecule has 0 atom stereocenters. The van der Waals surface area contributed by atoms with Gasteiger partial charge in [-0.25, -0.2) is 9.50 Å². The van der Waals surface area contributed by atoms with Gasteiger partial charge in [-0.05, 0) is 49.6 Å². The molecule has 1 aromatic carbocycles. The third-order valence-electron chi connectivity index (χ3n) is 4.30. The van der Waals surface area contributed by atoms with E-state index in [9.17, 15) is 4.79 Å². The van der Waals surface area contributed by atoms with Crippen LogP contribution in [0.3, 0.4) is 0 Å². The molecule has 7 nitrogen and oxygen atoms in total. The van der Waals surface area contributed by atoms with Crippen LogP contribution in [0.2, 0.25) is 0 Å². The molecule has 2 aromatic heterocycles. The van der Waals surface area contributed by atoms with Crippen molar-refractivity contribution in [2.75, 3.05) is 29.1 Å². The summed E-state index contributed by atoms with van der Waals surface area (Å²) in [6.07, 6.45) is 7.27. The average molecular weight is 368 g/mol. The molecule has 8 heteroatoms. The molecule has 0 radical (unpaired) electrons. The number of nitrogens with one attached hydrogen (secondary N) is 1. The van der Waals surface area contributed by atoms with Gasteiger partial charge in [-0.1, -0.05) is 11.8 Å². The van der Waals surface area contributed by atoms with E-state index < -0.39 is 0 Å². The zero-order chi connectivity index (χ0) is 17.8. The van der Waals surface area contributed by atoms with E-state index in [1.807, 2.05) is 12.1 Å². The Kier molecular flexibility index (Phi) is 5.01. The van der Waals surface area contributed by atoms with Crippen LogP contribution in [-0.2, 0) is 4.79 Å². The standard InChI is InChI=1S/C18H20N6OS/c25-16(13-26-18-21-17-19-9-4-12-24(17)22-18)20-14-5-7-15(8-6-14)23-10-2-1-3-11-23/h4-9,12H,1-3,10-11,13H2,(H,20,25). The molecule has 1 aliphatic heterocycles. The third-order valence-corrected chi connectivity index (χ3v) is 5.14. The summed E-state index contributed by atoms with van der Waals surface area (Å²) in [7, 11) is 0. The lowest BCUT2D eigenvalue weighted by atomic mass is 10.1. The van der Waals surface area contributed by atoms with Crippen molar-refractivity contribution in [2.45, 2.75) is 24.4 Å². The average Bonchev–Trinajstić information content (AvgIpc) is 3.11. The molecule has 1 fully saturated rings. The minimum Gasteiger partial charge on any atom is -0.372 e. The maximum atomic E-state index is 12.2. The van der Waals surface area contributed by atoms with Gasteiger partial charge in [0.2, 0.25) is 11.1 Å². The van der Waals surface area contributed by atoms with E-state index in [-0.39, 0.29) is 11.7 Å². The number of amides is 1. The Balaban J connectivity index is 1.31. The first-order chi connectivity index (χ1) is 12.8. The zero-order valence-corrected chi connectivity index (χ0v) is 15.2. The molecule has 0 bridgehead atoms. The van der Waals surface area contributed by atoms with Gasteiger partial charge in [-0.2, -0.15) is 4.98 Å². The molecule has 0 saturated carbocycles. The van der Waals surface area contributed by atoms with Crippen molar-refractivity contribution in [3.63, 3.8) is 0 Å². The summed E-state index contributed by atoms with van der Waals surface area (Å²) in [5.41, 5.74) is 2.03. The number of benzene rings is 1. The van der Waals surface area contributed by atoms with Crippen LogP contribution in [0.25, 0.3) is 5.78 Å². The first kappa shape index (κ1) is 16.8. The van der Waals surface area contributed by atoms with Crippen LogP contribution in [0.4, 0.5) is 11.4 Å². The predicted octanol–water partition coefficient (Wildman–Crippen LogP) is 2.85. The van der Waals surface area contributed by atoms with Crippen LogP contribution in [0.15, 0.2) is 47.9 Å². The maximum absolute atomic E-state index is 12.2. The van der Waals surface area contributed by atoms with Crippen molar-refractivity contribution in [3.8, 4) is 0 Å². The Bertz CT molecular complexity index is 855. The zero-order valence-electron chi connectivity index (χ0n) is 14.3. The number of aromatic nitrogens is 4. The molecule has 0 unspecified atom stereocenters. The van der Waals surface area contributed by atoms with E-state index in [2.05, 4.69) is 37.4 Å². The molecule has 1 amide bonds. The third kappa shape index (κ3) is 3.96.